The quantitative estimate of drug-likeness (QED) is 0.905. The monoisotopic (exact) mass is 341 g/mol. The topological polar surface area (TPSA) is 65.4 Å². The van der Waals surface area contributed by atoms with Gasteiger partial charge in [0.05, 0.1) is 11.7 Å². The molecule has 0 unspecified atom stereocenters. The van der Waals surface area contributed by atoms with E-state index >= 15 is 0 Å². The fourth-order valence-electron chi connectivity index (χ4n) is 3.49. The third-order valence-electron chi connectivity index (χ3n) is 4.85. The summed E-state index contributed by atoms with van der Waals surface area (Å²) >= 11 is 0. The Balaban J connectivity index is 1.40. The van der Waals surface area contributed by atoms with Crippen LogP contribution in [0.1, 0.15) is 35.4 Å². The van der Waals surface area contributed by atoms with Crippen LogP contribution in [0.5, 0.6) is 5.75 Å². The average Bonchev–Trinajstić information content (AvgIpc) is 3.31. The maximum absolute atomic E-state index is 12.7. The molecule has 1 aromatic carbocycles. The van der Waals surface area contributed by atoms with Gasteiger partial charge in [-0.1, -0.05) is 12.1 Å². The molecular weight excluding hydrogens is 318 g/mol. The van der Waals surface area contributed by atoms with Gasteiger partial charge in [0, 0.05) is 38.0 Å². The molecule has 1 saturated heterocycles. The lowest BCUT2D eigenvalue weighted by Gasteiger charge is -2.25. The van der Waals surface area contributed by atoms with Crippen molar-refractivity contribution in [3.63, 3.8) is 0 Å². The number of amides is 1. The van der Waals surface area contributed by atoms with E-state index in [1.54, 1.807) is 0 Å². The number of aryl methyl sites for hydroxylation is 1. The molecule has 1 fully saturated rings. The van der Waals surface area contributed by atoms with E-state index in [4.69, 9.17) is 9.47 Å². The number of carbonyl (C=O) groups is 1. The predicted octanol–water partition coefficient (Wildman–Crippen LogP) is 2.19. The molecule has 3 heterocycles. The van der Waals surface area contributed by atoms with Crippen LogP contribution in [0.15, 0.2) is 36.7 Å². The highest BCUT2D eigenvalue weighted by Crippen LogP contribution is 2.21. The summed E-state index contributed by atoms with van der Waals surface area (Å²) in [6.45, 7) is 2.06. The number of fused-ring (bicyclic) bond motifs is 1. The van der Waals surface area contributed by atoms with Crippen LogP contribution in [0.4, 0.5) is 0 Å². The van der Waals surface area contributed by atoms with Gasteiger partial charge in [-0.15, -0.1) is 0 Å². The molecule has 0 spiro atoms. The smallest absolute Gasteiger partial charge is 0.255 e. The van der Waals surface area contributed by atoms with Crippen LogP contribution in [0.2, 0.25) is 0 Å². The lowest BCUT2D eigenvalue weighted by atomic mass is 10.1. The Bertz CT molecular complexity index is 737. The third kappa shape index (κ3) is 3.69. The first-order valence-corrected chi connectivity index (χ1v) is 8.94. The molecule has 1 aromatic heterocycles. The van der Waals surface area contributed by atoms with Crippen molar-refractivity contribution in [1.29, 1.82) is 0 Å². The summed E-state index contributed by atoms with van der Waals surface area (Å²) in [6.07, 6.45) is 7.79. The Morgan fingerprint density at radius 3 is 3.16 bits per heavy atom. The zero-order valence-corrected chi connectivity index (χ0v) is 14.2. The van der Waals surface area contributed by atoms with Crippen LogP contribution in [0, 0.1) is 0 Å². The molecule has 1 N–H and O–H groups in total. The van der Waals surface area contributed by atoms with Crippen molar-refractivity contribution < 1.29 is 14.3 Å². The van der Waals surface area contributed by atoms with Crippen molar-refractivity contribution in [2.45, 2.75) is 44.4 Å². The van der Waals surface area contributed by atoms with E-state index in [1.807, 2.05) is 36.7 Å². The van der Waals surface area contributed by atoms with Gasteiger partial charge >= 0.3 is 0 Å². The second-order valence-electron chi connectivity index (χ2n) is 6.65. The Hall–Kier alpha value is -2.34. The molecule has 2 aromatic rings. The van der Waals surface area contributed by atoms with Crippen LogP contribution in [-0.4, -0.2) is 40.8 Å². The summed E-state index contributed by atoms with van der Waals surface area (Å²) in [5.74, 6) is 1.62. The van der Waals surface area contributed by atoms with Crippen molar-refractivity contribution in [3.8, 4) is 5.75 Å². The number of ether oxygens (including phenoxy) is 2. The van der Waals surface area contributed by atoms with E-state index in [9.17, 15) is 4.79 Å². The standard InChI is InChI=1S/C19H23N3O3/c23-19(21-14-7-8-18-20-9-10-22(18)12-14)16-5-1-2-6-17(16)25-13-15-4-3-11-24-15/h1-2,5-6,9-10,14-15H,3-4,7-8,11-13H2,(H,21,23)/t14-,15-/m1/s1. The first-order valence-electron chi connectivity index (χ1n) is 8.94. The zero-order chi connectivity index (χ0) is 17.1. The summed E-state index contributed by atoms with van der Waals surface area (Å²) in [6, 6.07) is 7.52. The average molecular weight is 341 g/mol. The number of imidazole rings is 1. The zero-order valence-electron chi connectivity index (χ0n) is 14.2. The molecule has 0 radical (unpaired) electrons. The summed E-state index contributed by atoms with van der Waals surface area (Å²) in [5.41, 5.74) is 0.580. The van der Waals surface area contributed by atoms with Crippen LogP contribution in [0.3, 0.4) is 0 Å². The number of nitrogens with zero attached hydrogens (tertiary/aromatic N) is 2. The lowest BCUT2D eigenvalue weighted by Crippen LogP contribution is -2.41. The summed E-state index contributed by atoms with van der Waals surface area (Å²) < 4.78 is 13.6. The van der Waals surface area contributed by atoms with Gasteiger partial charge in [-0.05, 0) is 31.4 Å². The van der Waals surface area contributed by atoms with Crippen LogP contribution < -0.4 is 10.1 Å². The Morgan fingerprint density at radius 2 is 2.28 bits per heavy atom. The molecule has 0 bridgehead atoms. The highest BCUT2D eigenvalue weighted by atomic mass is 16.5. The van der Waals surface area contributed by atoms with E-state index < -0.39 is 0 Å². The molecule has 0 saturated carbocycles. The predicted molar refractivity (Wildman–Crippen MR) is 92.7 cm³/mol. The fraction of sp³-hybridized carbons (Fsp3) is 0.474. The molecule has 6 nitrogen and oxygen atoms in total. The number of hydrogen-bond acceptors (Lipinski definition) is 4. The van der Waals surface area contributed by atoms with Crippen LogP contribution in [-0.2, 0) is 17.7 Å². The van der Waals surface area contributed by atoms with Crippen molar-refractivity contribution >= 4 is 5.91 Å². The second-order valence-corrected chi connectivity index (χ2v) is 6.65. The molecule has 6 heteroatoms. The van der Waals surface area contributed by atoms with Crippen LogP contribution >= 0.6 is 0 Å². The molecule has 2 atom stereocenters. The number of carbonyl (C=O) groups excluding carboxylic acids is 1. The maximum Gasteiger partial charge on any atom is 0.255 e. The molecular formula is C19H23N3O3. The van der Waals surface area contributed by atoms with Crippen molar-refractivity contribution in [2.75, 3.05) is 13.2 Å². The number of rotatable bonds is 5. The Labute approximate surface area is 147 Å². The first kappa shape index (κ1) is 16.1. The number of nitrogens with one attached hydrogen (secondary N) is 1. The lowest BCUT2D eigenvalue weighted by molar-refractivity contribution is 0.0669. The van der Waals surface area contributed by atoms with E-state index in [1.165, 1.54) is 0 Å². The van der Waals surface area contributed by atoms with Gasteiger partial charge in [-0.2, -0.15) is 0 Å². The van der Waals surface area contributed by atoms with Gasteiger partial charge < -0.3 is 19.4 Å². The van der Waals surface area contributed by atoms with Gasteiger partial charge in [-0.25, -0.2) is 4.98 Å². The first-order chi connectivity index (χ1) is 12.3. The molecule has 2 aliphatic heterocycles. The molecule has 0 aliphatic carbocycles. The Morgan fingerprint density at radius 1 is 1.36 bits per heavy atom. The largest absolute Gasteiger partial charge is 0.490 e. The number of hydrogen-bond donors (Lipinski definition) is 1. The van der Waals surface area contributed by atoms with Crippen molar-refractivity contribution in [1.82, 2.24) is 14.9 Å². The van der Waals surface area contributed by atoms with Crippen molar-refractivity contribution in [2.24, 2.45) is 0 Å². The fourth-order valence-corrected chi connectivity index (χ4v) is 3.49. The molecule has 4 rings (SSSR count). The summed E-state index contributed by atoms with van der Waals surface area (Å²) in [5, 5.41) is 3.14. The van der Waals surface area contributed by atoms with Gasteiger partial charge in [-0.3, -0.25) is 4.79 Å². The summed E-state index contributed by atoms with van der Waals surface area (Å²) in [7, 11) is 0. The maximum atomic E-state index is 12.7. The molecule has 132 valence electrons. The van der Waals surface area contributed by atoms with E-state index in [0.717, 1.165) is 44.7 Å². The highest BCUT2D eigenvalue weighted by molar-refractivity contribution is 5.97. The van der Waals surface area contributed by atoms with Gasteiger partial charge in [0.25, 0.3) is 5.91 Å². The van der Waals surface area contributed by atoms with Crippen molar-refractivity contribution in [3.05, 3.63) is 48.0 Å². The molecule has 1 amide bonds. The minimum absolute atomic E-state index is 0.0866. The minimum Gasteiger partial charge on any atom is -0.490 e. The second kappa shape index (κ2) is 7.27. The molecule has 25 heavy (non-hydrogen) atoms. The van der Waals surface area contributed by atoms with Crippen LogP contribution in [0.25, 0.3) is 0 Å². The molecule has 2 aliphatic rings. The number of aromatic nitrogens is 2. The van der Waals surface area contributed by atoms with Gasteiger partial charge in [0.1, 0.15) is 18.2 Å². The van der Waals surface area contributed by atoms with Gasteiger partial charge in [0.2, 0.25) is 0 Å². The number of benzene rings is 1. The van der Waals surface area contributed by atoms with E-state index in [-0.39, 0.29) is 18.1 Å². The summed E-state index contributed by atoms with van der Waals surface area (Å²) in [4.78, 5) is 17.1. The normalized spacial score (nSPS) is 22.4. The van der Waals surface area contributed by atoms with Gasteiger partial charge in [0.15, 0.2) is 0 Å². The van der Waals surface area contributed by atoms with E-state index in [0.29, 0.717) is 17.9 Å². The number of para-hydroxylation sites is 1. The van der Waals surface area contributed by atoms with E-state index in [2.05, 4.69) is 14.9 Å². The Kier molecular flexibility index (Phi) is 4.70. The SMILES string of the molecule is O=C(N[C@@H]1CCc2nccn2C1)c1ccccc1OC[C@H]1CCCO1. The third-order valence-corrected chi connectivity index (χ3v) is 4.85. The highest BCUT2D eigenvalue weighted by Gasteiger charge is 2.23. The minimum atomic E-state index is -0.0866.